The van der Waals surface area contributed by atoms with Crippen molar-refractivity contribution in [2.24, 2.45) is 0 Å². The van der Waals surface area contributed by atoms with Crippen LogP contribution in [0, 0.1) is 0 Å². The standard InChI is InChI=1S/C18H15ClOS/c19-16-10-11-21-18(16)17(20)15-8-6-14(7-9-15)12-13-4-2-1-3-5-13/h1-11,17,20H,12H2. The summed E-state index contributed by atoms with van der Waals surface area (Å²) in [7, 11) is 0. The molecule has 0 aliphatic heterocycles. The monoisotopic (exact) mass is 314 g/mol. The lowest BCUT2D eigenvalue weighted by molar-refractivity contribution is 0.224. The SMILES string of the molecule is OC(c1ccc(Cc2ccccc2)cc1)c1sccc1Cl. The van der Waals surface area contributed by atoms with Crippen LogP contribution in [0.2, 0.25) is 5.02 Å². The summed E-state index contributed by atoms with van der Waals surface area (Å²) in [6, 6.07) is 20.2. The fraction of sp³-hybridized carbons (Fsp3) is 0.111. The van der Waals surface area contributed by atoms with Crippen molar-refractivity contribution in [1.29, 1.82) is 0 Å². The first kappa shape index (κ1) is 14.3. The van der Waals surface area contributed by atoms with Crippen molar-refractivity contribution in [2.75, 3.05) is 0 Å². The third kappa shape index (κ3) is 3.35. The summed E-state index contributed by atoms with van der Waals surface area (Å²) in [6.07, 6.45) is 0.250. The largest absolute Gasteiger partial charge is 0.383 e. The Hall–Kier alpha value is -1.61. The van der Waals surface area contributed by atoms with Crippen LogP contribution in [0.25, 0.3) is 0 Å². The molecular weight excluding hydrogens is 300 g/mol. The fourth-order valence-corrected chi connectivity index (χ4v) is 3.47. The van der Waals surface area contributed by atoms with Crippen LogP contribution in [0.4, 0.5) is 0 Å². The molecule has 3 heteroatoms. The van der Waals surface area contributed by atoms with Crippen LogP contribution in [-0.2, 0) is 6.42 Å². The normalized spacial score (nSPS) is 12.3. The molecule has 0 aliphatic carbocycles. The molecule has 3 aromatic rings. The van der Waals surface area contributed by atoms with Crippen molar-refractivity contribution in [3.63, 3.8) is 0 Å². The maximum absolute atomic E-state index is 10.4. The Kier molecular flexibility index (Phi) is 4.39. The highest BCUT2D eigenvalue weighted by Crippen LogP contribution is 2.32. The van der Waals surface area contributed by atoms with Crippen molar-refractivity contribution >= 4 is 22.9 Å². The second kappa shape index (κ2) is 6.44. The van der Waals surface area contributed by atoms with Gasteiger partial charge in [-0.15, -0.1) is 11.3 Å². The summed E-state index contributed by atoms with van der Waals surface area (Å²) >= 11 is 7.55. The van der Waals surface area contributed by atoms with E-state index in [9.17, 15) is 5.11 Å². The summed E-state index contributed by atoms with van der Waals surface area (Å²) in [4.78, 5) is 0.799. The van der Waals surface area contributed by atoms with Crippen molar-refractivity contribution in [2.45, 2.75) is 12.5 Å². The molecule has 1 atom stereocenters. The maximum Gasteiger partial charge on any atom is 0.115 e. The van der Waals surface area contributed by atoms with E-state index in [0.717, 1.165) is 16.9 Å². The molecule has 0 amide bonds. The second-order valence-corrected chi connectivity index (χ2v) is 6.29. The van der Waals surface area contributed by atoms with Crippen molar-refractivity contribution in [3.05, 3.63) is 92.6 Å². The predicted octanol–water partition coefficient (Wildman–Crippen LogP) is 5.07. The molecule has 0 radical (unpaired) electrons. The molecule has 1 aromatic heterocycles. The van der Waals surface area contributed by atoms with Gasteiger partial charge in [-0.2, -0.15) is 0 Å². The lowest BCUT2D eigenvalue weighted by Crippen LogP contribution is -1.98. The summed E-state index contributed by atoms with van der Waals surface area (Å²) in [5, 5.41) is 12.9. The number of aliphatic hydroxyl groups is 1. The predicted molar refractivity (Wildman–Crippen MR) is 89.1 cm³/mol. The minimum atomic E-state index is -0.650. The highest BCUT2D eigenvalue weighted by atomic mass is 35.5. The van der Waals surface area contributed by atoms with Crippen LogP contribution in [0.15, 0.2) is 66.0 Å². The first-order valence-corrected chi connectivity index (χ1v) is 8.03. The molecule has 0 bridgehead atoms. The quantitative estimate of drug-likeness (QED) is 0.712. The van der Waals surface area contributed by atoms with Gasteiger partial charge in [0.05, 0.1) is 9.90 Å². The molecule has 0 fully saturated rings. The molecule has 1 nitrogen and oxygen atoms in total. The highest BCUT2D eigenvalue weighted by molar-refractivity contribution is 7.10. The third-order valence-electron chi connectivity index (χ3n) is 3.44. The molecule has 0 spiro atoms. The van der Waals surface area contributed by atoms with Gasteiger partial charge in [-0.05, 0) is 34.6 Å². The van der Waals surface area contributed by atoms with Gasteiger partial charge in [-0.25, -0.2) is 0 Å². The van der Waals surface area contributed by atoms with E-state index in [-0.39, 0.29) is 0 Å². The van der Waals surface area contributed by atoms with Crippen LogP contribution in [0.3, 0.4) is 0 Å². The number of rotatable bonds is 4. The van der Waals surface area contributed by atoms with Crippen LogP contribution in [0.5, 0.6) is 0 Å². The summed E-state index contributed by atoms with van der Waals surface area (Å²) in [6.45, 7) is 0. The number of thiophene rings is 1. The Morgan fingerprint density at radius 1 is 0.905 bits per heavy atom. The van der Waals surface area contributed by atoms with E-state index in [1.54, 1.807) is 0 Å². The number of benzene rings is 2. The van der Waals surface area contributed by atoms with Crippen molar-refractivity contribution in [3.8, 4) is 0 Å². The van der Waals surface area contributed by atoms with Gasteiger partial charge in [0, 0.05) is 0 Å². The minimum Gasteiger partial charge on any atom is -0.383 e. The Labute approximate surface area is 133 Å². The summed E-state index contributed by atoms with van der Waals surface area (Å²) < 4.78 is 0. The van der Waals surface area contributed by atoms with E-state index in [0.29, 0.717) is 5.02 Å². The van der Waals surface area contributed by atoms with E-state index in [1.807, 2.05) is 41.8 Å². The lowest BCUT2D eigenvalue weighted by Gasteiger charge is -2.11. The topological polar surface area (TPSA) is 20.2 Å². The molecule has 106 valence electrons. The Balaban J connectivity index is 1.77. The molecular formula is C18H15ClOS. The molecule has 0 saturated heterocycles. The van der Waals surface area contributed by atoms with Crippen molar-refractivity contribution in [1.82, 2.24) is 0 Å². The lowest BCUT2D eigenvalue weighted by atomic mass is 10.0. The Morgan fingerprint density at radius 2 is 1.57 bits per heavy atom. The fourth-order valence-electron chi connectivity index (χ4n) is 2.30. The molecule has 3 rings (SSSR count). The smallest absolute Gasteiger partial charge is 0.115 e. The summed E-state index contributed by atoms with van der Waals surface area (Å²) in [5.41, 5.74) is 3.39. The number of halogens is 1. The van der Waals surface area contributed by atoms with E-state index < -0.39 is 6.10 Å². The molecule has 2 aromatic carbocycles. The van der Waals surface area contributed by atoms with E-state index >= 15 is 0 Å². The zero-order valence-electron chi connectivity index (χ0n) is 11.4. The van der Waals surface area contributed by atoms with Gasteiger partial charge in [0.15, 0.2) is 0 Å². The van der Waals surface area contributed by atoms with E-state index in [4.69, 9.17) is 11.6 Å². The van der Waals surface area contributed by atoms with E-state index in [1.165, 1.54) is 22.5 Å². The molecule has 1 N–H and O–H groups in total. The van der Waals surface area contributed by atoms with Gasteiger partial charge in [0.2, 0.25) is 0 Å². The van der Waals surface area contributed by atoms with Gasteiger partial charge in [0.1, 0.15) is 6.10 Å². The molecule has 0 aliphatic rings. The Bertz CT molecular complexity index is 704. The van der Waals surface area contributed by atoms with Gasteiger partial charge in [-0.1, -0.05) is 66.2 Å². The van der Waals surface area contributed by atoms with Crippen LogP contribution in [0.1, 0.15) is 27.7 Å². The Morgan fingerprint density at radius 3 is 2.19 bits per heavy atom. The third-order valence-corrected chi connectivity index (χ3v) is 4.85. The van der Waals surface area contributed by atoms with Crippen LogP contribution in [-0.4, -0.2) is 5.11 Å². The zero-order valence-corrected chi connectivity index (χ0v) is 12.9. The first-order chi connectivity index (χ1) is 10.2. The van der Waals surface area contributed by atoms with Crippen molar-refractivity contribution < 1.29 is 5.11 Å². The van der Waals surface area contributed by atoms with Crippen LogP contribution < -0.4 is 0 Å². The average Bonchev–Trinajstić information content (AvgIpc) is 2.94. The number of hydrogen-bond donors (Lipinski definition) is 1. The maximum atomic E-state index is 10.4. The number of aliphatic hydroxyl groups excluding tert-OH is 1. The molecule has 1 heterocycles. The average molecular weight is 315 g/mol. The van der Waals surface area contributed by atoms with Gasteiger partial charge in [0.25, 0.3) is 0 Å². The molecule has 0 saturated carbocycles. The highest BCUT2D eigenvalue weighted by Gasteiger charge is 2.15. The zero-order chi connectivity index (χ0) is 14.7. The summed E-state index contributed by atoms with van der Waals surface area (Å²) in [5.74, 6) is 0. The minimum absolute atomic E-state index is 0.626. The van der Waals surface area contributed by atoms with Gasteiger partial charge in [-0.3, -0.25) is 0 Å². The molecule has 21 heavy (non-hydrogen) atoms. The molecule has 1 unspecified atom stereocenters. The van der Waals surface area contributed by atoms with E-state index in [2.05, 4.69) is 24.3 Å². The van der Waals surface area contributed by atoms with Crippen LogP contribution >= 0.6 is 22.9 Å². The first-order valence-electron chi connectivity index (χ1n) is 6.78. The van der Waals surface area contributed by atoms with Gasteiger partial charge >= 0.3 is 0 Å². The second-order valence-electron chi connectivity index (χ2n) is 4.94. The number of hydrogen-bond acceptors (Lipinski definition) is 2. The van der Waals surface area contributed by atoms with Gasteiger partial charge < -0.3 is 5.11 Å².